The maximum Gasteiger partial charge on any atom is 0.265 e. The van der Waals surface area contributed by atoms with E-state index in [2.05, 4.69) is 10.6 Å². The van der Waals surface area contributed by atoms with Crippen LogP contribution in [0.3, 0.4) is 0 Å². The van der Waals surface area contributed by atoms with Crippen LogP contribution in [0.25, 0.3) is 0 Å². The highest BCUT2D eigenvalue weighted by Gasteiger charge is 2.26. The van der Waals surface area contributed by atoms with Gasteiger partial charge >= 0.3 is 0 Å². The molecule has 0 saturated carbocycles. The number of nitrogens with two attached hydrogens (primary N) is 1. The highest BCUT2D eigenvalue weighted by Crippen LogP contribution is 2.32. The van der Waals surface area contributed by atoms with Crippen molar-refractivity contribution in [3.63, 3.8) is 0 Å². The van der Waals surface area contributed by atoms with Crippen molar-refractivity contribution in [3.8, 4) is 5.75 Å². The van der Waals surface area contributed by atoms with Gasteiger partial charge in [-0.3, -0.25) is 9.59 Å². The molecule has 1 aliphatic rings. The van der Waals surface area contributed by atoms with E-state index < -0.39 is 6.10 Å². The van der Waals surface area contributed by atoms with Crippen LogP contribution in [-0.2, 0) is 9.59 Å². The number of halogens is 1. The molecule has 0 fully saturated rings. The fraction of sp³-hybridized carbons (Fsp3) is 0.467. The molecule has 4 N–H and O–H groups in total. The van der Waals surface area contributed by atoms with Gasteiger partial charge in [0.2, 0.25) is 5.91 Å². The van der Waals surface area contributed by atoms with E-state index in [4.69, 9.17) is 10.5 Å². The molecule has 1 aromatic rings. The molecule has 22 heavy (non-hydrogen) atoms. The van der Waals surface area contributed by atoms with Crippen LogP contribution >= 0.6 is 12.4 Å². The van der Waals surface area contributed by atoms with Gasteiger partial charge in [-0.25, -0.2) is 0 Å². The number of nitrogens with one attached hydrogen (secondary N) is 2. The molecule has 2 amide bonds. The van der Waals surface area contributed by atoms with Crippen molar-refractivity contribution in [2.45, 2.75) is 38.8 Å². The van der Waals surface area contributed by atoms with Crippen LogP contribution < -0.4 is 21.1 Å². The van der Waals surface area contributed by atoms with E-state index in [1.807, 2.05) is 26.0 Å². The van der Waals surface area contributed by atoms with E-state index in [1.165, 1.54) is 0 Å². The molecule has 122 valence electrons. The Morgan fingerprint density at radius 2 is 2.23 bits per heavy atom. The van der Waals surface area contributed by atoms with Crippen molar-refractivity contribution in [2.75, 3.05) is 11.9 Å². The van der Waals surface area contributed by atoms with E-state index in [0.29, 0.717) is 30.8 Å². The van der Waals surface area contributed by atoms with E-state index in [0.717, 1.165) is 5.56 Å². The maximum absolute atomic E-state index is 11.7. The van der Waals surface area contributed by atoms with Crippen LogP contribution in [0.5, 0.6) is 5.75 Å². The van der Waals surface area contributed by atoms with Gasteiger partial charge in [-0.1, -0.05) is 13.0 Å². The third-order valence-electron chi connectivity index (χ3n) is 3.44. The minimum Gasteiger partial charge on any atom is -0.478 e. The van der Waals surface area contributed by atoms with E-state index in [9.17, 15) is 9.59 Å². The van der Waals surface area contributed by atoms with E-state index in [-0.39, 0.29) is 30.3 Å². The molecule has 1 aliphatic heterocycles. The summed E-state index contributed by atoms with van der Waals surface area (Å²) >= 11 is 0. The predicted octanol–water partition coefficient (Wildman–Crippen LogP) is 1.74. The number of amides is 2. The van der Waals surface area contributed by atoms with Crippen LogP contribution in [0.1, 0.15) is 38.3 Å². The molecule has 2 atom stereocenters. The van der Waals surface area contributed by atoms with Gasteiger partial charge in [-0.15, -0.1) is 12.4 Å². The first-order chi connectivity index (χ1) is 10.0. The lowest BCUT2D eigenvalue weighted by Gasteiger charge is -2.26. The molecule has 1 aromatic carbocycles. The summed E-state index contributed by atoms with van der Waals surface area (Å²) in [4.78, 5) is 23.3. The Bertz CT molecular complexity index is 551. The zero-order chi connectivity index (χ0) is 15.4. The van der Waals surface area contributed by atoms with Crippen molar-refractivity contribution in [1.29, 1.82) is 0 Å². The Hall–Kier alpha value is -1.79. The molecule has 0 spiro atoms. The number of fused-ring (bicyclic) bond motifs is 1. The summed E-state index contributed by atoms with van der Waals surface area (Å²) in [5.41, 5.74) is 6.94. The van der Waals surface area contributed by atoms with Crippen molar-refractivity contribution < 1.29 is 14.3 Å². The van der Waals surface area contributed by atoms with Crippen LogP contribution in [0.2, 0.25) is 0 Å². The van der Waals surface area contributed by atoms with Gasteiger partial charge in [-0.05, 0) is 31.0 Å². The molecular formula is C15H22ClN3O3. The smallest absolute Gasteiger partial charge is 0.265 e. The fourth-order valence-electron chi connectivity index (χ4n) is 2.23. The topological polar surface area (TPSA) is 93.4 Å². The second-order valence-electron chi connectivity index (χ2n) is 5.09. The lowest BCUT2D eigenvalue weighted by atomic mass is 10.1. The van der Waals surface area contributed by atoms with Crippen molar-refractivity contribution in [1.82, 2.24) is 5.32 Å². The summed E-state index contributed by atoms with van der Waals surface area (Å²) in [6, 6.07) is 5.36. The van der Waals surface area contributed by atoms with Gasteiger partial charge in [0.1, 0.15) is 5.75 Å². The number of carbonyl (C=O) groups is 2. The minimum atomic E-state index is -0.463. The number of hydrogen-bond acceptors (Lipinski definition) is 4. The summed E-state index contributed by atoms with van der Waals surface area (Å²) in [5.74, 6) is 0.435. The molecule has 0 aliphatic carbocycles. The van der Waals surface area contributed by atoms with Crippen LogP contribution in [0.4, 0.5) is 5.69 Å². The number of benzene rings is 1. The first-order valence-corrected chi connectivity index (χ1v) is 7.16. The maximum atomic E-state index is 11.7. The van der Waals surface area contributed by atoms with E-state index >= 15 is 0 Å². The molecule has 2 unspecified atom stereocenters. The third-order valence-corrected chi connectivity index (χ3v) is 3.44. The Labute approximate surface area is 136 Å². The van der Waals surface area contributed by atoms with E-state index in [1.54, 1.807) is 6.07 Å². The number of anilines is 1. The van der Waals surface area contributed by atoms with Crippen LogP contribution in [0.15, 0.2) is 18.2 Å². The molecule has 0 bridgehead atoms. The van der Waals surface area contributed by atoms with Crippen molar-refractivity contribution in [3.05, 3.63) is 23.8 Å². The highest BCUT2D eigenvalue weighted by molar-refractivity contribution is 5.97. The number of rotatable bonds is 5. The molecule has 0 aromatic heterocycles. The zero-order valence-electron chi connectivity index (χ0n) is 12.7. The van der Waals surface area contributed by atoms with Crippen LogP contribution in [0, 0.1) is 0 Å². The zero-order valence-corrected chi connectivity index (χ0v) is 13.5. The van der Waals surface area contributed by atoms with Gasteiger partial charge in [0.25, 0.3) is 5.91 Å². The van der Waals surface area contributed by atoms with Crippen LogP contribution in [-0.4, -0.2) is 24.5 Å². The van der Waals surface area contributed by atoms with Gasteiger partial charge in [0.05, 0.1) is 11.7 Å². The third kappa shape index (κ3) is 4.11. The molecule has 0 saturated heterocycles. The summed E-state index contributed by atoms with van der Waals surface area (Å²) in [7, 11) is 0. The first-order valence-electron chi connectivity index (χ1n) is 7.16. The summed E-state index contributed by atoms with van der Waals surface area (Å²) in [6.07, 6.45) is 0.452. The lowest BCUT2D eigenvalue weighted by Crippen LogP contribution is -2.36. The Morgan fingerprint density at radius 1 is 1.50 bits per heavy atom. The first kappa shape index (κ1) is 18.3. The fourth-order valence-corrected chi connectivity index (χ4v) is 2.23. The normalized spacial score (nSPS) is 17.4. The highest BCUT2D eigenvalue weighted by atomic mass is 35.5. The number of hydrogen-bond donors (Lipinski definition) is 3. The lowest BCUT2D eigenvalue weighted by molar-refractivity contribution is -0.123. The second kappa shape index (κ2) is 8.00. The Balaban J connectivity index is 0.00000242. The van der Waals surface area contributed by atoms with Gasteiger partial charge in [0, 0.05) is 13.0 Å². The van der Waals surface area contributed by atoms with Gasteiger partial charge in [-0.2, -0.15) is 0 Å². The molecule has 6 nitrogen and oxygen atoms in total. The molecule has 1 heterocycles. The molecule has 2 rings (SSSR count). The van der Waals surface area contributed by atoms with Crippen molar-refractivity contribution >= 4 is 29.9 Å². The largest absolute Gasteiger partial charge is 0.478 e. The Morgan fingerprint density at radius 3 is 2.86 bits per heavy atom. The predicted molar refractivity (Wildman–Crippen MR) is 87.3 cm³/mol. The average Bonchev–Trinajstić information content (AvgIpc) is 2.46. The van der Waals surface area contributed by atoms with Crippen molar-refractivity contribution in [2.24, 2.45) is 5.73 Å². The monoisotopic (exact) mass is 327 g/mol. The average molecular weight is 328 g/mol. The standard InChI is InChI=1S/C15H21N3O3.ClH/c1-3-12-15(20)18-11-5-4-10(8-13(11)21-12)9(2)17-14(19)6-7-16;/h4-5,8-9,12H,3,6-7,16H2,1-2H3,(H,17,19)(H,18,20);1H. The molecule has 7 heteroatoms. The molecule has 0 radical (unpaired) electrons. The molecular weight excluding hydrogens is 306 g/mol. The number of ether oxygens (including phenoxy) is 1. The second-order valence-corrected chi connectivity index (χ2v) is 5.09. The Kier molecular flexibility index (Phi) is 6.64. The van der Waals surface area contributed by atoms with Gasteiger partial charge < -0.3 is 21.1 Å². The number of carbonyl (C=O) groups excluding carboxylic acids is 2. The SMILES string of the molecule is CCC1Oc2cc(C(C)NC(=O)CCN)ccc2NC1=O.Cl. The summed E-state index contributed by atoms with van der Waals surface area (Å²) in [5, 5.41) is 5.70. The summed E-state index contributed by atoms with van der Waals surface area (Å²) < 4.78 is 5.69. The van der Waals surface area contributed by atoms with Gasteiger partial charge in [0.15, 0.2) is 6.10 Å². The minimum absolute atomic E-state index is 0. The summed E-state index contributed by atoms with van der Waals surface area (Å²) in [6.45, 7) is 4.12. The quantitative estimate of drug-likeness (QED) is 0.768.